The molecule has 2 saturated heterocycles. The predicted octanol–water partition coefficient (Wildman–Crippen LogP) is 4.52. The first kappa shape index (κ1) is 24.8. The molecule has 2 aromatic carbocycles. The molecule has 6 nitrogen and oxygen atoms in total. The molecule has 1 aliphatic carbocycles. The summed E-state index contributed by atoms with van der Waals surface area (Å²) >= 11 is 0. The van der Waals surface area contributed by atoms with E-state index in [2.05, 4.69) is 0 Å². The van der Waals surface area contributed by atoms with Crippen LogP contribution in [0.15, 0.2) is 42.5 Å². The molecular weight excluding hydrogens is 476 g/mol. The smallest absolute Gasteiger partial charge is 0.221 e. The number of hydrogen-bond acceptors (Lipinski definition) is 5. The van der Waals surface area contributed by atoms with Gasteiger partial charge in [0.1, 0.15) is 16.9 Å². The Hall–Kier alpha value is -1.91. The topological polar surface area (TPSA) is 76.1 Å². The summed E-state index contributed by atoms with van der Waals surface area (Å²) in [6, 6.07) is 10.7. The minimum Gasteiger partial charge on any atom is -0.385 e. The summed E-state index contributed by atoms with van der Waals surface area (Å²) in [5.41, 5.74) is -0.997. The van der Waals surface area contributed by atoms with Crippen LogP contribution in [0.25, 0.3) is 0 Å². The summed E-state index contributed by atoms with van der Waals surface area (Å²) in [7, 11) is -3.78. The van der Waals surface area contributed by atoms with Crippen LogP contribution >= 0.6 is 0 Å². The monoisotopic (exact) mass is 507 g/mol. The first-order chi connectivity index (χ1) is 16.6. The lowest BCUT2D eigenvalue weighted by Crippen LogP contribution is -2.45. The summed E-state index contributed by atoms with van der Waals surface area (Å²) in [5, 5.41) is 10.4. The molecule has 2 heterocycles. The Balaban J connectivity index is 1.38. The van der Waals surface area contributed by atoms with Gasteiger partial charge >= 0.3 is 0 Å². The fraction of sp³-hybridized carbons (Fsp3) is 0.538. The minimum absolute atomic E-state index is 0.0475. The molecule has 3 aliphatic rings. The standard InChI is InChI=1S/C26H31F2NO5S/c1-18-7-8-24(19-5-3-2-4-6-19)35(31,32)29(18)17-20-15-23(28)21(16-22(20)27)25(30)9-11-26(12-10-25)33-13-14-34-26/h2-6,15-16,18,24,30H,7-14,17H2,1H3. The molecule has 2 atom stereocenters. The van der Waals surface area contributed by atoms with E-state index in [9.17, 15) is 13.5 Å². The second kappa shape index (κ2) is 9.19. The van der Waals surface area contributed by atoms with Crippen molar-refractivity contribution in [2.75, 3.05) is 13.2 Å². The summed E-state index contributed by atoms with van der Waals surface area (Å²) in [6.07, 6.45) is 2.22. The lowest BCUT2D eigenvalue weighted by atomic mass is 9.76. The van der Waals surface area contributed by atoms with Crippen molar-refractivity contribution in [1.29, 1.82) is 0 Å². The van der Waals surface area contributed by atoms with Gasteiger partial charge in [-0.1, -0.05) is 30.3 Å². The van der Waals surface area contributed by atoms with Gasteiger partial charge in [0.15, 0.2) is 5.79 Å². The van der Waals surface area contributed by atoms with E-state index in [0.717, 1.165) is 12.1 Å². The van der Waals surface area contributed by atoms with Crippen LogP contribution in [0.1, 0.15) is 67.4 Å². The van der Waals surface area contributed by atoms with Crippen LogP contribution in [0, 0.1) is 11.6 Å². The molecule has 1 spiro atoms. The molecule has 9 heteroatoms. The number of nitrogens with zero attached hydrogens (tertiary/aromatic N) is 1. The number of halogens is 2. The second-order valence-corrected chi connectivity index (χ2v) is 12.0. The third kappa shape index (κ3) is 4.53. The summed E-state index contributed by atoms with van der Waals surface area (Å²) in [6.45, 7) is 2.49. The lowest BCUT2D eigenvalue weighted by molar-refractivity contribution is -0.204. The van der Waals surface area contributed by atoms with Crippen LogP contribution in [-0.2, 0) is 31.6 Å². The highest BCUT2D eigenvalue weighted by molar-refractivity contribution is 7.89. The molecule has 2 aromatic rings. The van der Waals surface area contributed by atoms with Gasteiger partial charge in [0.05, 0.1) is 18.8 Å². The van der Waals surface area contributed by atoms with Gasteiger partial charge in [-0.25, -0.2) is 17.2 Å². The lowest BCUT2D eigenvalue weighted by Gasteiger charge is -2.41. The second-order valence-electron chi connectivity index (χ2n) is 9.98. The average Bonchev–Trinajstić information content (AvgIpc) is 3.29. The number of rotatable bonds is 4. The first-order valence-electron chi connectivity index (χ1n) is 12.2. The van der Waals surface area contributed by atoms with Crippen LogP contribution in [-0.4, -0.2) is 42.9 Å². The van der Waals surface area contributed by atoms with Crippen LogP contribution in [0.3, 0.4) is 0 Å². The molecular formula is C26H31F2NO5S. The fourth-order valence-electron chi connectivity index (χ4n) is 5.69. The van der Waals surface area contributed by atoms with Gasteiger partial charge in [0.2, 0.25) is 10.0 Å². The van der Waals surface area contributed by atoms with Crippen molar-refractivity contribution in [3.8, 4) is 0 Å². The largest absolute Gasteiger partial charge is 0.385 e. The Morgan fingerprint density at radius 1 is 1.00 bits per heavy atom. The highest BCUT2D eigenvalue weighted by Gasteiger charge is 2.47. The van der Waals surface area contributed by atoms with Crippen molar-refractivity contribution in [3.63, 3.8) is 0 Å². The SMILES string of the molecule is CC1CCC(c2ccccc2)S(=O)(=O)N1Cc1cc(F)c(C2(O)CCC3(CC2)OCCO3)cc1F. The number of benzene rings is 2. The zero-order valence-electron chi connectivity index (χ0n) is 19.8. The minimum atomic E-state index is -3.78. The van der Waals surface area contributed by atoms with E-state index < -0.39 is 38.3 Å². The number of hydrogen-bond donors (Lipinski definition) is 1. The first-order valence-corrected chi connectivity index (χ1v) is 13.7. The van der Waals surface area contributed by atoms with Crippen LogP contribution in [0.4, 0.5) is 8.78 Å². The molecule has 190 valence electrons. The molecule has 0 radical (unpaired) electrons. The molecule has 3 fully saturated rings. The highest BCUT2D eigenvalue weighted by Crippen LogP contribution is 2.46. The molecule has 1 saturated carbocycles. The maximum atomic E-state index is 15.3. The van der Waals surface area contributed by atoms with Gasteiger partial charge < -0.3 is 14.6 Å². The van der Waals surface area contributed by atoms with Gasteiger partial charge in [-0.3, -0.25) is 0 Å². The zero-order chi connectivity index (χ0) is 24.8. The van der Waals surface area contributed by atoms with Gasteiger partial charge in [0.25, 0.3) is 0 Å². The summed E-state index contributed by atoms with van der Waals surface area (Å²) in [4.78, 5) is 0. The molecule has 5 rings (SSSR count). The third-order valence-corrected chi connectivity index (χ3v) is 10.2. The third-order valence-electron chi connectivity index (χ3n) is 7.81. The summed E-state index contributed by atoms with van der Waals surface area (Å²) < 4.78 is 70.1. The van der Waals surface area contributed by atoms with Crippen molar-refractivity contribution in [3.05, 3.63) is 70.8 Å². The Bertz CT molecular complexity index is 1170. The highest BCUT2D eigenvalue weighted by atomic mass is 32.2. The van der Waals surface area contributed by atoms with Crippen molar-refractivity contribution in [2.45, 2.75) is 74.7 Å². The fourth-order valence-corrected chi connectivity index (χ4v) is 7.87. The Morgan fingerprint density at radius 2 is 1.66 bits per heavy atom. The molecule has 1 N–H and O–H groups in total. The molecule has 0 amide bonds. The van der Waals surface area contributed by atoms with Crippen LogP contribution in [0.2, 0.25) is 0 Å². The van der Waals surface area contributed by atoms with E-state index in [1.54, 1.807) is 31.2 Å². The number of sulfonamides is 1. The van der Waals surface area contributed by atoms with Gasteiger partial charge in [-0.05, 0) is 50.3 Å². The average molecular weight is 508 g/mol. The molecule has 0 bridgehead atoms. The Labute approximate surface area is 204 Å². The van der Waals surface area contributed by atoms with Crippen molar-refractivity contribution in [1.82, 2.24) is 4.31 Å². The Morgan fingerprint density at radius 3 is 2.31 bits per heavy atom. The quantitative estimate of drug-likeness (QED) is 0.659. The Kier molecular flexibility index (Phi) is 6.51. The van der Waals surface area contributed by atoms with Crippen LogP contribution < -0.4 is 0 Å². The van der Waals surface area contributed by atoms with E-state index in [4.69, 9.17) is 9.47 Å². The van der Waals surface area contributed by atoms with E-state index in [1.165, 1.54) is 4.31 Å². The van der Waals surface area contributed by atoms with E-state index in [1.807, 2.05) is 6.07 Å². The molecule has 35 heavy (non-hydrogen) atoms. The normalized spacial score (nSPS) is 27.8. The number of ether oxygens (including phenoxy) is 2. The van der Waals surface area contributed by atoms with Crippen LogP contribution in [0.5, 0.6) is 0 Å². The van der Waals surface area contributed by atoms with Gasteiger partial charge in [0, 0.05) is 36.6 Å². The van der Waals surface area contributed by atoms with E-state index in [-0.39, 0.29) is 36.6 Å². The van der Waals surface area contributed by atoms with Crippen molar-refractivity contribution in [2.24, 2.45) is 0 Å². The van der Waals surface area contributed by atoms with Crippen molar-refractivity contribution >= 4 is 10.0 Å². The van der Waals surface area contributed by atoms with E-state index >= 15 is 8.78 Å². The van der Waals surface area contributed by atoms with Gasteiger partial charge in [-0.15, -0.1) is 0 Å². The summed E-state index contributed by atoms with van der Waals surface area (Å²) in [5.74, 6) is -2.21. The molecule has 2 unspecified atom stereocenters. The molecule has 0 aromatic heterocycles. The van der Waals surface area contributed by atoms with Gasteiger partial charge in [-0.2, -0.15) is 4.31 Å². The predicted molar refractivity (Wildman–Crippen MR) is 126 cm³/mol. The molecule has 2 aliphatic heterocycles. The zero-order valence-corrected chi connectivity index (χ0v) is 20.6. The van der Waals surface area contributed by atoms with Crippen molar-refractivity contribution < 1.29 is 31.8 Å². The number of aliphatic hydroxyl groups is 1. The maximum Gasteiger partial charge on any atom is 0.221 e. The van der Waals surface area contributed by atoms with E-state index in [0.29, 0.717) is 44.5 Å². The maximum absolute atomic E-state index is 15.3.